The number of hydrogen-bond donors (Lipinski definition) is 2. The first-order valence-electron chi connectivity index (χ1n) is 5.99. The predicted molar refractivity (Wildman–Crippen MR) is 57.2 cm³/mol. The minimum Gasteiger partial charge on any atom is -0.481 e. The van der Waals surface area contributed by atoms with Crippen LogP contribution in [0, 0.1) is 0 Å². The van der Waals surface area contributed by atoms with Crippen molar-refractivity contribution in [2.75, 3.05) is 0 Å². The monoisotopic (exact) mass is 303 g/mol. The number of nitrogens with one attached hydrogen (secondary N) is 1. The van der Waals surface area contributed by atoms with Crippen molar-refractivity contribution < 1.29 is 36.6 Å². The summed E-state index contributed by atoms with van der Waals surface area (Å²) >= 11 is 0. The molecule has 20 heavy (non-hydrogen) atoms. The van der Waals surface area contributed by atoms with Crippen LogP contribution in [-0.2, 0) is 9.59 Å². The van der Waals surface area contributed by atoms with Crippen molar-refractivity contribution in [2.45, 2.75) is 56.2 Å². The van der Waals surface area contributed by atoms with Crippen LogP contribution in [0.2, 0.25) is 0 Å². The number of carbonyl (C=O) groups is 2. The molecule has 116 valence electrons. The first-order chi connectivity index (χ1) is 9.00. The lowest BCUT2D eigenvalue weighted by atomic mass is 9.79. The van der Waals surface area contributed by atoms with Crippen LogP contribution in [0.25, 0.3) is 0 Å². The molecule has 0 atom stereocenters. The quantitative estimate of drug-likeness (QED) is 0.784. The number of hydrogen-bond acceptors (Lipinski definition) is 2. The summed E-state index contributed by atoms with van der Waals surface area (Å²) in [5.74, 6) is -9.38. The van der Waals surface area contributed by atoms with Gasteiger partial charge in [-0.2, -0.15) is 22.0 Å². The van der Waals surface area contributed by atoms with Crippen molar-refractivity contribution in [2.24, 2.45) is 0 Å². The van der Waals surface area contributed by atoms with Crippen LogP contribution in [-0.4, -0.2) is 34.6 Å². The second-order valence-electron chi connectivity index (χ2n) is 4.94. The first-order valence-corrected chi connectivity index (χ1v) is 5.99. The summed E-state index contributed by atoms with van der Waals surface area (Å²) in [6, 6.07) is 0. The summed E-state index contributed by atoms with van der Waals surface area (Å²) in [6.07, 6.45) is -4.90. The van der Waals surface area contributed by atoms with E-state index >= 15 is 0 Å². The molecule has 2 N–H and O–H groups in total. The van der Waals surface area contributed by atoms with Crippen molar-refractivity contribution in [1.82, 2.24) is 5.32 Å². The molecule has 1 amide bonds. The van der Waals surface area contributed by atoms with Crippen LogP contribution < -0.4 is 5.32 Å². The third-order valence-electron chi connectivity index (χ3n) is 3.32. The smallest absolute Gasteiger partial charge is 0.463 e. The average Bonchev–Trinajstić information content (AvgIpc) is 2.27. The third-order valence-corrected chi connectivity index (χ3v) is 3.32. The molecule has 0 bridgehead atoms. The van der Waals surface area contributed by atoms with Crippen molar-refractivity contribution in [3.05, 3.63) is 0 Å². The Bertz CT molecular complexity index is 388. The van der Waals surface area contributed by atoms with Crippen molar-refractivity contribution >= 4 is 11.9 Å². The second kappa shape index (κ2) is 5.53. The summed E-state index contributed by atoms with van der Waals surface area (Å²) in [4.78, 5) is 21.9. The van der Waals surface area contributed by atoms with Gasteiger partial charge >= 0.3 is 24.0 Å². The van der Waals surface area contributed by atoms with Crippen LogP contribution in [0.5, 0.6) is 0 Å². The van der Waals surface area contributed by atoms with E-state index in [1.165, 1.54) is 0 Å². The van der Waals surface area contributed by atoms with Gasteiger partial charge in [0.1, 0.15) is 0 Å². The fraction of sp³-hybridized carbons (Fsp3) is 0.818. The fourth-order valence-electron chi connectivity index (χ4n) is 2.31. The number of carbonyl (C=O) groups excluding carboxylic acids is 1. The fourth-order valence-corrected chi connectivity index (χ4v) is 2.31. The van der Waals surface area contributed by atoms with Crippen LogP contribution in [0.15, 0.2) is 0 Å². The van der Waals surface area contributed by atoms with E-state index in [0.29, 0.717) is 19.3 Å². The minimum atomic E-state index is -6.00. The van der Waals surface area contributed by atoms with Gasteiger partial charge < -0.3 is 10.4 Å². The van der Waals surface area contributed by atoms with Gasteiger partial charge in [-0.3, -0.25) is 9.59 Å². The van der Waals surface area contributed by atoms with Crippen molar-refractivity contribution in [1.29, 1.82) is 0 Å². The lowest BCUT2D eigenvalue weighted by Crippen LogP contribution is -2.59. The summed E-state index contributed by atoms with van der Waals surface area (Å²) in [6.45, 7) is 0. The number of carboxylic acids is 1. The number of rotatable bonds is 4. The summed E-state index contributed by atoms with van der Waals surface area (Å²) in [5, 5.41) is 10.4. The largest absolute Gasteiger partial charge is 0.481 e. The molecule has 0 aliphatic heterocycles. The minimum absolute atomic E-state index is 0.0684. The molecule has 9 heteroatoms. The molecule has 4 nitrogen and oxygen atoms in total. The highest BCUT2D eigenvalue weighted by atomic mass is 19.4. The molecule has 1 fully saturated rings. The van der Waals surface area contributed by atoms with Gasteiger partial charge in [0.15, 0.2) is 0 Å². The maximum atomic E-state index is 12.9. The highest BCUT2D eigenvalue weighted by molar-refractivity contribution is 5.85. The predicted octanol–water partition coefficient (Wildman–Crippen LogP) is 2.48. The van der Waals surface area contributed by atoms with Crippen molar-refractivity contribution in [3.63, 3.8) is 0 Å². The number of halogens is 5. The average molecular weight is 303 g/mol. The zero-order valence-corrected chi connectivity index (χ0v) is 10.4. The Kier molecular flexibility index (Phi) is 4.60. The summed E-state index contributed by atoms with van der Waals surface area (Å²) in [5.41, 5.74) is -1.53. The Hall–Kier alpha value is -1.41. The standard InChI is InChI=1S/C11H14F5NO3/c12-10(13,11(14,15)16)8(20)17-9(6-7(18)19)4-2-1-3-5-9/h1-6H2,(H,17,20)(H,18,19). The Morgan fingerprint density at radius 3 is 1.95 bits per heavy atom. The molecule has 1 aliphatic carbocycles. The number of amides is 1. The molecule has 0 saturated heterocycles. The van der Waals surface area contributed by atoms with Gasteiger partial charge in [-0.15, -0.1) is 0 Å². The molecule has 0 spiro atoms. The SMILES string of the molecule is O=C(O)CC1(NC(=O)C(F)(F)C(F)(F)F)CCCCC1. The molecule has 0 heterocycles. The van der Waals surface area contributed by atoms with Crippen molar-refractivity contribution in [3.8, 4) is 0 Å². The van der Waals surface area contributed by atoms with E-state index in [9.17, 15) is 31.5 Å². The van der Waals surface area contributed by atoms with E-state index < -0.39 is 35.9 Å². The Labute approximate surface area is 111 Å². The lowest BCUT2D eigenvalue weighted by molar-refractivity contribution is -0.270. The van der Waals surface area contributed by atoms with E-state index in [1.54, 1.807) is 5.32 Å². The van der Waals surface area contributed by atoms with Gasteiger partial charge in [-0.25, -0.2) is 0 Å². The van der Waals surface area contributed by atoms with Crippen LogP contribution in [0.4, 0.5) is 22.0 Å². The van der Waals surface area contributed by atoms with E-state index in [0.717, 1.165) is 0 Å². The molecule has 0 radical (unpaired) electrons. The highest BCUT2D eigenvalue weighted by Gasteiger charge is 2.64. The summed E-state index contributed by atoms with van der Waals surface area (Å²) < 4.78 is 62.1. The van der Waals surface area contributed by atoms with E-state index in [-0.39, 0.29) is 12.8 Å². The number of aliphatic carboxylic acids is 1. The van der Waals surface area contributed by atoms with Crippen LogP contribution in [0.1, 0.15) is 38.5 Å². The molecule has 0 aromatic carbocycles. The molecule has 1 aliphatic rings. The first kappa shape index (κ1) is 16.6. The van der Waals surface area contributed by atoms with Gasteiger partial charge in [0.25, 0.3) is 0 Å². The molecule has 0 aromatic heterocycles. The van der Waals surface area contributed by atoms with Crippen LogP contribution in [0.3, 0.4) is 0 Å². The van der Waals surface area contributed by atoms with E-state index in [4.69, 9.17) is 5.11 Å². The molecule has 0 unspecified atom stereocenters. The van der Waals surface area contributed by atoms with Gasteiger partial charge in [0, 0.05) is 0 Å². The zero-order chi connectivity index (χ0) is 15.6. The molecule has 1 rings (SSSR count). The molecular formula is C11H14F5NO3. The van der Waals surface area contributed by atoms with Gasteiger partial charge in [-0.05, 0) is 12.8 Å². The maximum Gasteiger partial charge on any atom is 0.463 e. The normalized spacial score (nSPS) is 19.4. The molecule has 0 aromatic rings. The van der Waals surface area contributed by atoms with Crippen LogP contribution >= 0.6 is 0 Å². The Balaban J connectivity index is 2.90. The van der Waals surface area contributed by atoms with Gasteiger partial charge in [-0.1, -0.05) is 19.3 Å². The second-order valence-corrected chi connectivity index (χ2v) is 4.94. The highest BCUT2D eigenvalue weighted by Crippen LogP contribution is 2.38. The molecular weight excluding hydrogens is 289 g/mol. The Morgan fingerprint density at radius 1 is 1.05 bits per heavy atom. The van der Waals surface area contributed by atoms with Gasteiger partial charge in [0.2, 0.25) is 0 Å². The lowest BCUT2D eigenvalue weighted by Gasteiger charge is -2.38. The van der Waals surface area contributed by atoms with E-state index in [2.05, 4.69) is 0 Å². The van der Waals surface area contributed by atoms with E-state index in [1.807, 2.05) is 0 Å². The van der Waals surface area contributed by atoms with Gasteiger partial charge in [0.05, 0.1) is 12.0 Å². The number of alkyl halides is 5. The third kappa shape index (κ3) is 3.57. The zero-order valence-electron chi connectivity index (χ0n) is 10.4. The summed E-state index contributed by atoms with van der Waals surface area (Å²) in [7, 11) is 0. The Morgan fingerprint density at radius 2 is 1.55 bits per heavy atom. The number of carboxylic acid groups (broad SMARTS) is 1. The molecule has 1 saturated carbocycles. The maximum absolute atomic E-state index is 12.9. The topological polar surface area (TPSA) is 66.4 Å².